The second kappa shape index (κ2) is 6.33. The van der Waals surface area contributed by atoms with E-state index in [1.807, 2.05) is 48.5 Å². The van der Waals surface area contributed by atoms with Crippen molar-refractivity contribution in [3.63, 3.8) is 0 Å². The fraction of sp³-hybridized carbons (Fsp3) is 0.176. The number of nitrogens with zero attached hydrogens (tertiary/aromatic N) is 2. The Bertz CT molecular complexity index is 737. The van der Waals surface area contributed by atoms with Crippen LogP contribution in [0.4, 0.5) is 0 Å². The van der Waals surface area contributed by atoms with Gasteiger partial charge in [-0.15, -0.1) is 0 Å². The molecule has 106 valence electrons. The van der Waals surface area contributed by atoms with Crippen molar-refractivity contribution >= 4 is 10.9 Å². The Morgan fingerprint density at radius 2 is 1.90 bits per heavy atom. The van der Waals surface area contributed by atoms with Crippen molar-refractivity contribution in [2.75, 3.05) is 6.54 Å². The number of ether oxygens (including phenoxy) is 1. The fourth-order valence-corrected chi connectivity index (χ4v) is 2.14. The molecule has 0 bridgehead atoms. The van der Waals surface area contributed by atoms with E-state index in [0.29, 0.717) is 5.88 Å². The van der Waals surface area contributed by atoms with E-state index in [2.05, 4.69) is 22.2 Å². The van der Waals surface area contributed by atoms with Gasteiger partial charge in [-0.25, -0.2) is 4.98 Å². The van der Waals surface area contributed by atoms with Crippen LogP contribution in [-0.2, 0) is 6.54 Å². The summed E-state index contributed by atoms with van der Waals surface area (Å²) in [4.78, 5) is 8.88. The molecule has 0 spiro atoms. The minimum Gasteiger partial charge on any atom is -0.437 e. The molecule has 4 heteroatoms. The number of benzene rings is 1. The SMILES string of the molecule is CCNCc1cccc(Oc2cccc3cccnc23)n1. The van der Waals surface area contributed by atoms with Crippen LogP contribution in [0.3, 0.4) is 0 Å². The Morgan fingerprint density at radius 3 is 2.81 bits per heavy atom. The van der Waals surface area contributed by atoms with Crippen LogP contribution in [0.1, 0.15) is 12.6 Å². The molecule has 2 heterocycles. The summed E-state index contributed by atoms with van der Waals surface area (Å²) in [6.45, 7) is 3.73. The van der Waals surface area contributed by atoms with Crippen LogP contribution in [-0.4, -0.2) is 16.5 Å². The number of fused-ring (bicyclic) bond motifs is 1. The number of para-hydroxylation sites is 1. The molecule has 0 fully saturated rings. The van der Waals surface area contributed by atoms with Crippen molar-refractivity contribution in [2.24, 2.45) is 0 Å². The van der Waals surface area contributed by atoms with E-state index in [9.17, 15) is 0 Å². The highest BCUT2D eigenvalue weighted by Crippen LogP contribution is 2.27. The third-order valence-electron chi connectivity index (χ3n) is 3.15. The molecule has 2 aromatic heterocycles. The highest BCUT2D eigenvalue weighted by atomic mass is 16.5. The second-order valence-corrected chi connectivity index (χ2v) is 4.68. The van der Waals surface area contributed by atoms with E-state index in [-0.39, 0.29) is 0 Å². The zero-order chi connectivity index (χ0) is 14.5. The number of pyridine rings is 2. The molecular weight excluding hydrogens is 262 g/mol. The third kappa shape index (κ3) is 3.17. The minimum absolute atomic E-state index is 0.587. The summed E-state index contributed by atoms with van der Waals surface area (Å²) in [5.74, 6) is 1.31. The molecule has 21 heavy (non-hydrogen) atoms. The lowest BCUT2D eigenvalue weighted by molar-refractivity contribution is 0.464. The lowest BCUT2D eigenvalue weighted by Gasteiger charge is -2.08. The number of hydrogen-bond donors (Lipinski definition) is 1. The third-order valence-corrected chi connectivity index (χ3v) is 3.15. The summed E-state index contributed by atoms with van der Waals surface area (Å²) in [5.41, 5.74) is 1.81. The van der Waals surface area contributed by atoms with Gasteiger partial charge in [0, 0.05) is 24.2 Å². The molecule has 1 N–H and O–H groups in total. The first-order chi connectivity index (χ1) is 10.4. The quantitative estimate of drug-likeness (QED) is 0.776. The molecule has 0 unspecified atom stereocenters. The van der Waals surface area contributed by atoms with Crippen molar-refractivity contribution in [2.45, 2.75) is 13.5 Å². The fourth-order valence-electron chi connectivity index (χ4n) is 2.14. The Hall–Kier alpha value is -2.46. The van der Waals surface area contributed by atoms with Crippen LogP contribution in [0, 0.1) is 0 Å². The van der Waals surface area contributed by atoms with E-state index >= 15 is 0 Å². The summed E-state index contributed by atoms with van der Waals surface area (Å²) >= 11 is 0. The maximum absolute atomic E-state index is 5.91. The Balaban J connectivity index is 1.88. The van der Waals surface area contributed by atoms with Gasteiger partial charge in [0.15, 0.2) is 5.75 Å². The number of hydrogen-bond acceptors (Lipinski definition) is 4. The summed E-state index contributed by atoms with van der Waals surface area (Å²) < 4.78 is 5.91. The number of nitrogens with one attached hydrogen (secondary N) is 1. The highest BCUT2D eigenvalue weighted by Gasteiger charge is 2.05. The molecule has 0 aliphatic rings. The number of rotatable bonds is 5. The monoisotopic (exact) mass is 279 g/mol. The second-order valence-electron chi connectivity index (χ2n) is 4.68. The van der Waals surface area contributed by atoms with Gasteiger partial charge in [-0.1, -0.05) is 31.2 Å². The maximum Gasteiger partial charge on any atom is 0.219 e. The first kappa shape index (κ1) is 13.5. The Kier molecular flexibility index (Phi) is 4.07. The van der Waals surface area contributed by atoms with Gasteiger partial charge >= 0.3 is 0 Å². The average Bonchev–Trinajstić information content (AvgIpc) is 2.54. The van der Waals surface area contributed by atoms with Crippen molar-refractivity contribution in [1.29, 1.82) is 0 Å². The van der Waals surface area contributed by atoms with Crippen LogP contribution >= 0.6 is 0 Å². The predicted octanol–water partition coefficient (Wildman–Crippen LogP) is 3.53. The van der Waals surface area contributed by atoms with Crippen molar-refractivity contribution in [3.8, 4) is 11.6 Å². The topological polar surface area (TPSA) is 47.0 Å². The minimum atomic E-state index is 0.587. The molecule has 0 amide bonds. The van der Waals surface area contributed by atoms with E-state index in [4.69, 9.17) is 4.74 Å². The van der Waals surface area contributed by atoms with Crippen molar-refractivity contribution in [3.05, 3.63) is 60.4 Å². The molecule has 0 aliphatic carbocycles. The molecule has 3 aromatic rings. The van der Waals surface area contributed by atoms with Gasteiger partial charge in [0.25, 0.3) is 0 Å². The first-order valence-corrected chi connectivity index (χ1v) is 7.05. The zero-order valence-corrected chi connectivity index (χ0v) is 11.9. The summed E-state index contributed by atoms with van der Waals surface area (Å²) in [6.07, 6.45) is 1.77. The van der Waals surface area contributed by atoms with Crippen LogP contribution in [0.25, 0.3) is 10.9 Å². The van der Waals surface area contributed by atoms with Gasteiger partial charge in [0.1, 0.15) is 5.52 Å². The molecule has 0 radical (unpaired) electrons. The van der Waals surface area contributed by atoms with Crippen LogP contribution in [0.15, 0.2) is 54.7 Å². The normalized spacial score (nSPS) is 10.7. The van der Waals surface area contributed by atoms with Gasteiger partial charge in [-0.3, -0.25) is 4.98 Å². The molecule has 0 atom stereocenters. The summed E-state index contributed by atoms with van der Waals surface area (Å²) in [6, 6.07) is 15.6. The summed E-state index contributed by atoms with van der Waals surface area (Å²) in [5, 5.41) is 4.31. The molecule has 0 saturated heterocycles. The highest BCUT2D eigenvalue weighted by molar-refractivity contribution is 5.84. The lowest BCUT2D eigenvalue weighted by atomic mass is 10.2. The molecule has 3 rings (SSSR count). The molecule has 1 aromatic carbocycles. The largest absolute Gasteiger partial charge is 0.437 e. The van der Waals surface area contributed by atoms with E-state index < -0.39 is 0 Å². The maximum atomic E-state index is 5.91. The van der Waals surface area contributed by atoms with Gasteiger partial charge in [0.2, 0.25) is 5.88 Å². The lowest BCUT2D eigenvalue weighted by Crippen LogP contribution is -2.12. The van der Waals surface area contributed by atoms with E-state index in [1.165, 1.54) is 0 Å². The van der Waals surface area contributed by atoms with E-state index in [0.717, 1.165) is 35.4 Å². The van der Waals surface area contributed by atoms with Crippen LogP contribution in [0.2, 0.25) is 0 Å². The molecular formula is C17H17N3O. The summed E-state index contributed by atoms with van der Waals surface area (Å²) in [7, 11) is 0. The Morgan fingerprint density at radius 1 is 1.05 bits per heavy atom. The average molecular weight is 279 g/mol. The van der Waals surface area contributed by atoms with Gasteiger partial charge in [-0.2, -0.15) is 0 Å². The zero-order valence-electron chi connectivity index (χ0n) is 11.9. The van der Waals surface area contributed by atoms with Gasteiger partial charge in [-0.05, 0) is 24.7 Å². The van der Waals surface area contributed by atoms with E-state index in [1.54, 1.807) is 6.20 Å². The Labute approximate surface area is 123 Å². The smallest absolute Gasteiger partial charge is 0.219 e. The van der Waals surface area contributed by atoms with Gasteiger partial charge in [0.05, 0.1) is 5.69 Å². The van der Waals surface area contributed by atoms with Gasteiger partial charge < -0.3 is 10.1 Å². The predicted molar refractivity (Wildman–Crippen MR) is 83.4 cm³/mol. The first-order valence-electron chi connectivity index (χ1n) is 7.05. The molecule has 4 nitrogen and oxygen atoms in total. The number of aromatic nitrogens is 2. The van der Waals surface area contributed by atoms with Crippen molar-refractivity contribution < 1.29 is 4.74 Å². The standard InChI is InChI=1S/C17H17N3O/c1-2-18-12-14-8-4-10-16(20-14)21-15-9-3-6-13-7-5-11-19-17(13)15/h3-11,18H,2,12H2,1H3. The molecule has 0 aliphatic heterocycles. The van der Waals surface area contributed by atoms with Crippen LogP contribution in [0.5, 0.6) is 11.6 Å². The van der Waals surface area contributed by atoms with Crippen LogP contribution < -0.4 is 10.1 Å². The van der Waals surface area contributed by atoms with Crippen molar-refractivity contribution in [1.82, 2.24) is 15.3 Å². The molecule has 0 saturated carbocycles.